The largest absolute Gasteiger partial charge is 0.496 e. The maximum atomic E-state index is 12.3. The molecular formula is C19H18O5. The van der Waals surface area contributed by atoms with Crippen molar-refractivity contribution in [2.45, 2.75) is 6.61 Å². The highest BCUT2D eigenvalue weighted by Crippen LogP contribution is 2.32. The molecule has 0 bridgehead atoms. The summed E-state index contributed by atoms with van der Waals surface area (Å²) in [6, 6.07) is 10.9. The summed E-state index contributed by atoms with van der Waals surface area (Å²) in [7, 11) is 3.25. The molecule has 5 nitrogen and oxygen atoms in total. The van der Waals surface area contributed by atoms with Crippen LogP contribution in [-0.4, -0.2) is 26.8 Å². The van der Waals surface area contributed by atoms with Crippen LogP contribution in [-0.2, 0) is 11.3 Å². The number of fused-ring (bicyclic) bond motifs is 1. The predicted octanol–water partition coefficient (Wildman–Crippen LogP) is 3.47. The first-order chi connectivity index (χ1) is 11.7. The fourth-order valence-electron chi connectivity index (χ4n) is 2.49. The Bertz CT molecular complexity index is 779. The van der Waals surface area contributed by atoms with E-state index >= 15 is 0 Å². The van der Waals surface area contributed by atoms with Crippen LogP contribution in [0.15, 0.2) is 42.5 Å². The van der Waals surface area contributed by atoms with Gasteiger partial charge in [0, 0.05) is 18.2 Å². The van der Waals surface area contributed by atoms with E-state index in [1.807, 2.05) is 18.2 Å². The van der Waals surface area contributed by atoms with Gasteiger partial charge in [-0.15, -0.1) is 0 Å². The molecule has 0 N–H and O–H groups in total. The Hall–Kier alpha value is -2.79. The van der Waals surface area contributed by atoms with Crippen molar-refractivity contribution in [3.8, 4) is 17.2 Å². The topological polar surface area (TPSA) is 54.0 Å². The number of ether oxygens (including phenoxy) is 4. The van der Waals surface area contributed by atoms with E-state index in [9.17, 15) is 4.79 Å². The molecule has 124 valence electrons. The predicted molar refractivity (Wildman–Crippen MR) is 89.6 cm³/mol. The van der Waals surface area contributed by atoms with Crippen LogP contribution in [0.2, 0.25) is 0 Å². The number of methoxy groups -OCH3 is 2. The van der Waals surface area contributed by atoms with E-state index in [2.05, 4.69) is 0 Å². The third-order valence-corrected chi connectivity index (χ3v) is 3.69. The fraction of sp³-hybridized carbons (Fsp3) is 0.211. The molecule has 2 aromatic carbocycles. The highest BCUT2D eigenvalue weighted by Gasteiger charge is 2.15. The van der Waals surface area contributed by atoms with Gasteiger partial charge in [0.15, 0.2) is 17.3 Å². The fourth-order valence-corrected chi connectivity index (χ4v) is 2.49. The minimum atomic E-state index is -0.0996. The van der Waals surface area contributed by atoms with Gasteiger partial charge < -0.3 is 18.9 Å². The molecule has 0 fully saturated rings. The lowest BCUT2D eigenvalue weighted by molar-refractivity contribution is 0.104. The second-order valence-electron chi connectivity index (χ2n) is 5.27. The molecular weight excluding hydrogens is 308 g/mol. The standard InChI is InChI=1S/C19H18O5/c1-21-11-15-9-13(4-7-17(15)22-2)3-6-16(20)14-5-8-18-19(10-14)24-12-23-18/h3-10H,11-12H2,1-2H3/b6-3-. The normalized spacial score (nSPS) is 12.6. The lowest BCUT2D eigenvalue weighted by Gasteiger charge is -2.08. The Kier molecular flexibility index (Phi) is 4.82. The molecule has 0 aliphatic carbocycles. The van der Waals surface area contributed by atoms with Crippen LogP contribution in [0, 0.1) is 0 Å². The SMILES string of the molecule is COCc1cc(/C=C\C(=O)c2ccc3c(c2)OCO3)ccc1OC. The lowest BCUT2D eigenvalue weighted by atomic mass is 10.1. The zero-order valence-corrected chi connectivity index (χ0v) is 13.6. The van der Waals surface area contributed by atoms with Gasteiger partial charge in [0.25, 0.3) is 0 Å². The first-order valence-electron chi connectivity index (χ1n) is 7.49. The van der Waals surface area contributed by atoms with Crippen LogP contribution in [0.3, 0.4) is 0 Å². The summed E-state index contributed by atoms with van der Waals surface area (Å²) < 4.78 is 21.0. The highest BCUT2D eigenvalue weighted by molar-refractivity contribution is 6.07. The summed E-state index contributed by atoms with van der Waals surface area (Å²) >= 11 is 0. The highest BCUT2D eigenvalue weighted by atomic mass is 16.7. The van der Waals surface area contributed by atoms with Crippen molar-refractivity contribution in [1.82, 2.24) is 0 Å². The number of allylic oxidation sites excluding steroid dienone is 1. The van der Waals surface area contributed by atoms with Gasteiger partial charge in [-0.25, -0.2) is 0 Å². The van der Waals surface area contributed by atoms with E-state index in [1.165, 1.54) is 6.08 Å². The van der Waals surface area contributed by atoms with Gasteiger partial charge in [-0.1, -0.05) is 12.1 Å². The van der Waals surface area contributed by atoms with Gasteiger partial charge in [0.05, 0.1) is 13.7 Å². The van der Waals surface area contributed by atoms with Crippen LogP contribution < -0.4 is 14.2 Å². The van der Waals surface area contributed by atoms with E-state index in [4.69, 9.17) is 18.9 Å². The summed E-state index contributed by atoms with van der Waals surface area (Å²) in [6.07, 6.45) is 3.31. The number of hydrogen-bond donors (Lipinski definition) is 0. The van der Waals surface area contributed by atoms with Crippen LogP contribution in [0.5, 0.6) is 17.2 Å². The van der Waals surface area contributed by atoms with Crippen molar-refractivity contribution in [2.75, 3.05) is 21.0 Å². The van der Waals surface area contributed by atoms with Crippen molar-refractivity contribution < 1.29 is 23.7 Å². The third kappa shape index (κ3) is 3.41. The molecule has 1 heterocycles. The molecule has 0 aromatic heterocycles. The Morgan fingerprint density at radius 2 is 1.96 bits per heavy atom. The lowest BCUT2D eigenvalue weighted by Crippen LogP contribution is -1.96. The van der Waals surface area contributed by atoms with E-state index < -0.39 is 0 Å². The Labute approximate surface area is 140 Å². The summed E-state index contributed by atoms with van der Waals surface area (Å²) in [5, 5.41) is 0. The number of carbonyl (C=O) groups is 1. The molecule has 5 heteroatoms. The van der Waals surface area contributed by atoms with Crippen molar-refractivity contribution in [2.24, 2.45) is 0 Å². The minimum absolute atomic E-state index is 0.0996. The van der Waals surface area contributed by atoms with E-state index in [0.29, 0.717) is 23.7 Å². The van der Waals surface area contributed by atoms with Gasteiger partial charge in [-0.05, 0) is 42.0 Å². The zero-order chi connectivity index (χ0) is 16.9. The van der Waals surface area contributed by atoms with Gasteiger partial charge in [0.1, 0.15) is 5.75 Å². The van der Waals surface area contributed by atoms with Gasteiger partial charge in [-0.3, -0.25) is 4.79 Å². The molecule has 0 atom stereocenters. The Balaban J connectivity index is 1.77. The Morgan fingerprint density at radius 1 is 1.12 bits per heavy atom. The van der Waals surface area contributed by atoms with Gasteiger partial charge in [-0.2, -0.15) is 0 Å². The minimum Gasteiger partial charge on any atom is -0.496 e. The smallest absolute Gasteiger partial charge is 0.231 e. The maximum Gasteiger partial charge on any atom is 0.231 e. The molecule has 0 saturated carbocycles. The second kappa shape index (κ2) is 7.19. The number of benzene rings is 2. The van der Waals surface area contributed by atoms with E-state index in [1.54, 1.807) is 38.5 Å². The Morgan fingerprint density at radius 3 is 2.75 bits per heavy atom. The molecule has 0 unspecified atom stereocenters. The van der Waals surface area contributed by atoms with Gasteiger partial charge in [0.2, 0.25) is 6.79 Å². The number of rotatable bonds is 6. The van der Waals surface area contributed by atoms with Crippen LogP contribution in [0.25, 0.3) is 6.08 Å². The maximum absolute atomic E-state index is 12.3. The van der Waals surface area contributed by atoms with Crippen LogP contribution >= 0.6 is 0 Å². The van der Waals surface area contributed by atoms with Crippen molar-refractivity contribution in [3.63, 3.8) is 0 Å². The number of carbonyl (C=O) groups excluding carboxylic acids is 1. The molecule has 0 saturated heterocycles. The number of hydrogen-bond acceptors (Lipinski definition) is 5. The summed E-state index contributed by atoms with van der Waals surface area (Å²) in [5.41, 5.74) is 2.38. The molecule has 24 heavy (non-hydrogen) atoms. The van der Waals surface area contributed by atoms with Crippen molar-refractivity contribution >= 4 is 11.9 Å². The first-order valence-corrected chi connectivity index (χ1v) is 7.49. The number of ketones is 1. The monoisotopic (exact) mass is 326 g/mol. The average Bonchev–Trinajstić information content (AvgIpc) is 3.08. The summed E-state index contributed by atoms with van der Waals surface area (Å²) in [4.78, 5) is 12.3. The molecule has 0 amide bonds. The van der Waals surface area contributed by atoms with E-state index in [-0.39, 0.29) is 12.6 Å². The quantitative estimate of drug-likeness (QED) is 0.601. The summed E-state index contributed by atoms with van der Waals surface area (Å²) in [6.45, 7) is 0.637. The molecule has 0 spiro atoms. The van der Waals surface area contributed by atoms with Gasteiger partial charge >= 0.3 is 0 Å². The molecule has 1 aliphatic rings. The van der Waals surface area contributed by atoms with Crippen LogP contribution in [0.4, 0.5) is 0 Å². The van der Waals surface area contributed by atoms with Crippen molar-refractivity contribution in [1.29, 1.82) is 0 Å². The first kappa shape index (κ1) is 16.1. The zero-order valence-electron chi connectivity index (χ0n) is 13.6. The third-order valence-electron chi connectivity index (χ3n) is 3.69. The molecule has 1 aliphatic heterocycles. The van der Waals surface area contributed by atoms with E-state index in [0.717, 1.165) is 16.9 Å². The molecule has 0 radical (unpaired) electrons. The second-order valence-corrected chi connectivity index (χ2v) is 5.27. The van der Waals surface area contributed by atoms with Crippen molar-refractivity contribution in [3.05, 3.63) is 59.2 Å². The average molecular weight is 326 g/mol. The molecule has 3 rings (SSSR count). The van der Waals surface area contributed by atoms with Crippen LogP contribution in [0.1, 0.15) is 21.5 Å². The molecule has 2 aromatic rings. The summed E-state index contributed by atoms with van der Waals surface area (Å²) in [5.74, 6) is 1.92.